The van der Waals surface area contributed by atoms with Crippen molar-refractivity contribution in [1.82, 2.24) is 10.6 Å². The third-order valence-corrected chi connectivity index (χ3v) is 4.19. The van der Waals surface area contributed by atoms with E-state index < -0.39 is 11.7 Å². The standard InChI is InChI=1S/C24H31N3O5/c1-5-31-19-12-10-17(11-13-19)22(29)27-20-9-7-6-8-18(20)16-26-21(28)14-15-25-23(30)32-24(2,3)4/h6-13H,5,14-16H2,1-4H3,(H,25,30)(H,26,28)(H,27,29). The number of rotatable bonds is 9. The molecule has 0 atom stereocenters. The number of carbonyl (C=O) groups excluding carboxylic acids is 3. The normalized spacial score (nSPS) is 10.8. The lowest BCUT2D eigenvalue weighted by Gasteiger charge is -2.19. The van der Waals surface area contributed by atoms with Gasteiger partial charge in [0, 0.05) is 30.8 Å². The molecule has 0 aliphatic heterocycles. The van der Waals surface area contributed by atoms with Gasteiger partial charge in [-0.15, -0.1) is 0 Å². The molecule has 0 radical (unpaired) electrons. The smallest absolute Gasteiger partial charge is 0.407 e. The van der Waals surface area contributed by atoms with Crippen LogP contribution in [0, 0.1) is 0 Å². The molecule has 0 heterocycles. The quantitative estimate of drug-likeness (QED) is 0.548. The van der Waals surface area contributed by atoms with E-state index in [1.807, 2.05) is 25.1 Å². The number of hydrogen-bond donors (Lipinski definition) is 3. The molecule has 3 N–H and O–H groups in total. The van der Waals surface area contributed by atoms with Crippen LogP contribution in [0.1, 0.15) is 50.0 Å². The lowest BCUT2D eigenvalue weighted by atomic mass is 10.1. The van der Waals surface area contributed by atoms with Crippen LogP contribution in [0.4, 0.5) is 10.5 Å². The molecular weight excluding hydrogens is 410 g/mol. The van der Waals surface area contributed by atoms with E-state index in [1.54, 1.807) is 51.1 Å². The predicted molar refractivity (Wildman–Crippen MR) is 123 cm³/mol. The Labute approximate surface area is 188 Å². The number of carbonyl (C=O) groups is 3. The van der Waals surface area contributed by atoms with Gasteiger partial charge in [0.2, 0.25) is 5.91 Å². The molecule has 3 amide bonds. The molecule has 0 fully saturated rings. The molecule has 0 aromatic heterocycles. The highest BCUT2D eigenvalue weighted by Crippen LogP contribution is 2.18. The number of nitrogens with one attached hydrogen (secondary N) is 3. The number of alkyl carbamates (subject to hydrolysis) is 1. The lowest BCUT2D eigenvalue weighted by Crippen LogP contribution is -2.35. The molecule has 8 nitrogen and oxygen atoms in total. The van der Waals surface area contributed by atoms with Crippen molar-refractivity contribution in [1.29, 1.82) is 0 Å². The highest BCUT2D eigenvalue weighted by atomic mass is 16.6. The Hall–Kier alpha value is -3.55. The number of para-hydroxylation sites is 1. The van der Waals surface area contributed by atoms with Crippen LogP contribution in [0.3, 0.4) is 0 Å². The second-order valence-corrected chi connectivity index (χ2v) is 8.02. The molecule has 32 heavy (non-hydrogen) atoms. The number of ether oxygens (including phenoxy) is 2. The Morgan fingerprint density at radius 2 is 1.62 bits per heavy atom. The summed E-state index contributed by atoms with van der Waals surface area (Å²) in [6.45, 7) is 8.17. The van der Waals surface area contributed by atoms with Gasteiger partial charge in [-0.2, -0.15) is 0 Å². The molecule has 0 unspecified atom stereocenters. The Kier molecular flexibility index (Phi) is 9.07. The molecule has 0 aliphatic rings. The number of anilines is 1. The van der Waals surface area contributed by atoms with Crippen molar-refractivity contribution in [3.63, 3.8) is 0 Å². The summed E-state index contributed by atoms with van der Waals surface area (Å²) in [5.41, 5.74) is 1.28. The minimum Gasteiger partial charge on any atom is -0.494 e. The molecule has 2 rings (SSSR count). The van der Waals surface area contributed by atoms with Crippen molar-refractivity contribution in [2.24, 2.45) is 0 Å². The van der Waals surface area contributed by atoms with E-state index in [0.29, 0.717) is 23.6 Å². The molecule has 2 aromatic rings. The van der Waals surface area contributed by atoms with Crippen LogP contribution in [0.15, 0.2) is 48.5 Å². The average molecular weight is 442 g/mol. The second-order valence-electron chi connectivity index (χ2n) is 8.02. The van der Waals surface area contributed by atoms with Gasteiger partial charge < -0.3 is 25.4 Å². The molecular formula is C24H31N3O5. The maximum absolute atomic E-state index is 12.6. The van der Waals surface area contributed by atoms with Gasteiger partial charge in [0.05, 0.1) is 6.61 Å². The van der Waals surface area contributed by atoms with Crippen LogP contribution < -0.4 is 20.7 Å². The van der Waals surface area contributed by atoms with E-state index in [1.165, 1.54) is 0 Å². The lowest BCUT2D eigenvalue weighted by molar-refractivity contribution is -0.121. The van der Waals surface area contributed by atoms with Crippen LogP contribution in [0.2, 0.25) is 0 Å². The Morgan fingerprint density at radius 3 is 2.28 bits per heavy atom. The topological polar surface area (TPSA) is 106 Å². The molecule has 0 saturated heterocycles. The summed E-state index contributed by atoms with van der Waals surface area (Å²) in [7, 11) is 0. The summed E-state index contributed by atoms with van der Waals surface area (Å²) in [6, 6.07) is 14.1. The van der Waals surface area contributed by atoms with E-state index in [4.69, 9.17) is 9.47 Å². The van der Waals surface area contributed by atoms with E-state index in [0.717, 1.165) is 5.56 Å². The van der Waals surface area contributed by atoms with Gasteiger partial charge in [0.15, 0.2) is 0 Å². The number of hydrogen-bond acceptors (Lipinski definition) is 5. The molecule has 8 heteroatoms. The largest absolute Gasteiger partial charge is 0.494 e. The van der Waals surface area contributed by atoms with E-state index in [9.17, 15) is 14.4 Å². The van der Waals surface area contributed by atoms with Gasteiger partial charge in [-0.05, 0) is 63.6 Å². The van der Waals surface area contributed by atoms with Crippen LogP contribution in [0.25, 0.3) is 0 Å². The average Bonchev–Trinajstić information content (AvgIpc) is 2.72. The van der Waals surface area contributed by atoms with Gasteiger partial charge in [0.25, 0.3) is 5.91 Å². The second kappa shape index (κ2) is 11.7. The van der Waals surface area contributed by atoms with Crippen molar-refractivity contribution in [2.45, 2.75) is 46.3 Å². The van der Waals surface area contributed by atoms with Gasteiger partial charge in [-0.3, -0.25) is 9.59 Å². The fraction of sp³-hybridized carbons (Fsp3) is 0.375. The van der Waals surface area contributed by atoms with Crippen molar-refractivity contribution in [3.05, 3.63) is 59.7 Å². The summed E-state index contributed by atoms with van der Waals surface area (Å²) in [4.78, 5) is 36.3. The van der Waals surface area contributed by atoms with Gasteiger partial charge in [0.1, 0.15) is 11.4 Å². The molecule has 2 aromatic carbocycles. The van der Waals surface area contributed by atoms with E-state index in [2.05, 4.69) is 16.0 Å². The molecule has 0 aliphatic carbocycles. The SMILES string of the molecule is CCOc1ccc(C(=O)Nc2ccccc2CNC(=O)CCNC(=O)OC(C)(C)C)cc1. The first kappa shape index (κ1) is 24.7. The van der Waals surface area contributed by atoms with Gasteiger partial charge >= 0.3 is 6.09 Å². The van der Waals surface area contributed by atoms with Crippen molar-refractivity contribution in [3.8, 4) is 5.75 Å². The van der Waals surface area contributed by atoms with Crippen molar-refractivity contribution >= 4 is 23.6 Å². The van der Waals surface area contributed by atoms with Crippen molar-refractivity contribution < 1.29 is 23.9 Å². The zero-order chi connectivity index (χ0) is 23.6. The third-order valence-electron chi connectivity index (χ3n) is 4.19. The van der Waals surface area contributed by atoms with Crippen LogP contribution in [-0.4, -0.2) is 36.7 Å². The van der Waals surface area contributed by atoms with Crippen LogP contribution in [-0.2, 0) is 16.1 Å². The monoisotopic (exact) mass is 441 g/mol. The third kappa shape index (κ3) is 8.67. The molecule has 172 valence electrons. The Morgan fingerprint density at radius 1 is 0.938 bits per heavy atom. The Bertz CT molecular complexity index is 920. The van der Waals surface area contributed by atoms with Gasteiger partial charge in [-0.25, -0.2) is 4.79 Å². The first-order chi connectivity index (χ1) is 15.2. The number of amides is 3. The minimum atomic E-state index is -0.591. The van der Waals surface area contributed by atoms with E-state index in [-0.39, 0.29) is 31.3 Å². The fourth-order valence-electron chi connectivity index (χ4n) is 2.73. The zero-order valence-electron chi connectivity index (χ0n) is 19.0. The molecule has 0 bridgehead atoms. The molecule has 0 spiro atoms. The zero-order valence-corrected chi connectivity index (χ0v) is 19.0. The first-order valence-electron chi connectivity index (χ1n) is 10.5. The predicted octanol–water partition coefficient (Wildman–Crippen LogP) is 3.87. The number of benzene rings is 2. The highest BCUT2D eigenvalue weighted by molar-refractivity contribution is 6.04. The van der Waals surface area contributed by atoms with E-state index >= 15 is 0 Å². The maximum Gasteiger partial charge on any atom is 0.407 e. The van der Waals surface area contributed by atoms with Crippen molar-refractivity contribution in [2.75, 3.05) is 18.5 Å². The van der Waals surface area contributed by atoms with Crippen LogP contribution >= 0.6 is 0 Å². The fourth-order valence-corrected chi connectivity index (χ4v) is 2.73. The summed E-state index contributed by atoms with van der Waals surface area (Å²) < 4.78 is 10.5. The minimum absolute atomic E-state index is 0.111. The Balaban J connectivity index is 1.85. The van der Waals surface area contributed by atoms with Crippen LogP contribution in [0.5, 0.6) is 5.75 Å². The first-order valence-corrected chi connectivity index (χ1v) is 10.5. The summed E-state index contributed by atoms with van der Waals surface area (Å²) in [6.07, 6.45) is -0.451. The summed E-state index contributed by atoms with van der Waals surface area (Å²) in [5.74, 6) is 0.218. The maximum atomic E-state index is 12.6. The van der Waals surface area contributed by atoms with Gasteiger partial charge in [-0.1, -0.05) is 18.2 Å². The summed E-state index contributed by atoms with van der Waals surface area (Å²) >= 11 is 0. The highest BCUT2D eigenvalue weighted by Gasteiger charge is 2.16. The molecule has 0 saturated carbocycles. The summed E-state index contributed by atoms with van der Waals surface area (Å²) in [5, 5.41) is 8.22.